The molecule has 1 heterocycles. The highest BCUT2D eigenvalue weighted by molar-refractivity contribution is 5.95. The Bertz CT molecular complexity index is 1070. The maximum absolute atomic E-state index is 13.7. The van der Waals surface area contributed by atoms with E-state index in [1.807, 2.05) is 51.1 Å². The van der Waals surface area contributed by atoms with Crippen LogP contribution >= 0.6 is 0 Å². The van der Waals surface area contributed by atoms with E-state index in [1.165, 1.54) is 0 Å². The Labute approximate surface area is 172 Å². The number of esters is 1. The van der Waals surface area contributed by atoms with Crippen LogP contribution in [0.1, 0.15) is 36.8 Å². The van der Waals surface area contributed by atoms with E-state index in [-0.39, 0.29) is 5.41 Å². The molecule has 3 rings (SSSR count). The van der Waals surface area contributed by atoms with Gasteiger partial charge in [0.25, 0.3) is 5.91 Å². The van der Waals surface area contributed by atoms with Gasteiger partial charge >= 0.3 is 5.97 Å². The van der Waals surface area contributed by atoms with E-state index in [0.717, 1.165) is 23.5 Å². The molecule has 1 amide bonds. The van der Waals surface area contributed by atoms with Gasteiger partial charge in [0.1, 0.15) is 17.5 Å². The van der Waals surface area contributed by atoms with Crippen LogP contribution in [0.3, 0.4) is 0 Å². The third-order valence-corrected chi connectivity index (χ3v) is 4.23. The molecule has 3 aromatic rings. The second kappa shape index (κ2) is 8.44. The first-order chi connectivity index (χ1) is 14.1. The molecule has 0 saturated carbocycles. The first-order valence-corrected chi connectivity index (χ1v) is 9.23. The van der Waals surface area contributed by atoms with E-state index in [4.69, 9.17) is 4.74 Å². The van der Waals surface area contributed by atoms with Gasteiger partial charge in [0.2, 0.25) is 0 Å². The summed E-state index contributed by atoms with van der Waals surface area (Å²) in [5.74, 6) is -3.15. The van der Waals surface area contributed by atoms with Gasteiger partial charge in [-0.3, -0.25) is 4.79 Å². The lowest BCUT2D eigenvalue weighted by Crippen LogP contribution is -2.22. The minimum atomic E-state index is -1.06. The van der Waals surface area contributed by atoms with Crippen molar-refractivity contribution in [1.29, 1.82) is 0 Å². The third kappa shape index (κ3) is 4.89. The molecule has 0 unspecified atom stereocenters. The molecule has 0 aliphatic rings. The second-order valence-electron chi connectivity index (χ2n) is 7.66. The number of carbonyl (C=O) groups is 2. The summed E-state index contributed by atoms with van der Waals surface area (Å²) in [5, 5.41) is 7.24. The SMILES string of the molecule is CC(C)(C)c1cc(NC(=O)COC(=O)c2ccc(F)cc2F)n(-c2ccccc2)n1. The Morgan fingerprint density at radius 3 is 2.40 bits per heavy atom. The highest BCUT2D eigenvalue weighted by Crippen LogP contribution is 2.26. The van der Waals surface area contributed by atoms with Gasteiger partial charge < -0.3 is 10.1 Å². The van der Waals surface area contributed by atoms with Crippen LogP contribution in [0.4, 0.5) is 14.6 Å². The number of hydrogen-bond donors (Lipinski definition) is 1. The van der Waals surface area contributed by atoms with E-state index in [9.17, 15) is 18.4 Å². The molecule has 0 aliphatic carbocycles. The summed E-state index contributed by atoms with van der Waals surface area (Å²) in [5.41, 5.74) is 0.792. The number of aromatic nitrogens is 2. The van der Waals surface area contributed by atoms with Gasteiger partial charge in [-0.25, -0.2) is 18.3 Å². The zero-order valence-electron chi connectivity index (χ0n) is 16.8. The first kappa shape index (κ1) is 21.2. The summed E-state index contributed by atoms with van der Waals surface area (Å²) in [7, 11) is 0. The summed E-state index contributed by atoms with van der Waals surface area (Å²) >= 11 is 0. The van der Waals surface area contributed by atoms with Gasteiger partial charge in [-0.2, -0.15) is 5.10 Å². The number of benzene rings is 2. The van der Waals surface area contributed by atoms with Crippen molar-refractivity contribution in [3.05, 3.63) is 77.5 Å². The van der Waals surface area contributed by atoms with E-state index in [2.05, 4.69) is 10.4 Å². The van der Waals surface area contributed by atoms with Crippen molar-refractivity contribution in [2.24, 2.45) is 0 Å². The van der Waals surface area contributed by atoms with Crippen LogP contribution in [0.25, 0.3) is 5.69 Å². The molecule has 0 spiro atoms. The van der Waals surface area contributed by atoms with Gasteiger partial charge in [0, 0.05) is 17.5 Å². The number of amides is 1. The lowest BCUT2D eigenvalue weighted by molar-refractivity contribution is -0.119. The summed E-state index contributed by atoms with van der Waals surface area (Å²) in [6.45, 7) is 5.35. The molecule has 1 aromatic heterocycles. The lowest BCUT2D eigenvalue weighted by Gasteiger charge is -2.14. The molecule has 1 N–H and O–H groups in total. The van der Waals surface area contributed by atoms with Crippen LogP contribution in [-0.2, 0) is 14.9 Å². The van der Waals surface area contributed by atoms with Crippen molar-refractivity contribution in [2.75, 3.05) is 11.9 Å². The lowest BCUT2D eigenvalue weighted by atomic mass is 9.92. The van der Waals surface area contributed by atoms with Crippen LogP contribution < -0.4 is 5.32 Å². The van der Waals surface area contributed by atoms with Gasteiger partial charge in [-0.1, -0.05) is 39.0 Å². The first-order valence-electron chi connectivity index (χ1n) is 9.23. The standard InChI is InChI=1S/C22H21F2N3O3/c1-22(2,3)18-12-19(27(26-18)15-7-5-4-6-8-15)25-20(28)13-30-21(29)16-10-9-14(23)11-17(16)24/h4-12H,13H2,1-3H3,(H,25,28). The van der Waals surface area contributed by atoms with Gasteiger partial charge in [-0.05, 0) is 24.3 Å². The Hall–Kier alpha value is -3.55. The normalized spacial score (nSPS) is 11.2. The van der Waals surface area contributed by atoms with Crippen LogP contribution in [0.15, 0.2) is 54.6 Å². The van der Waals surface area contributed by atoms with Crippen molar-refractivity contribution in [1.82, 2.24) is 9.78 Å². The molecule has 0 fully saturated rings. The Balaban J connectivity index is 1.74. The number of halogens is 2. The van der Waals surface area contributed by atoms with Crippen molar-refractivity contribution in [3.63, 3.8) is 0 Å². The molecule has 156 valence electrons. The third-order valence-electron chi connectivity index (χ3n) is 4.23. The smallest absolute Gasteiger partial charge is 0.341 e. The zero-order valence-corrected chi connectivity index (χ0v) is 16.8. The maximum atomic E-state index is 13.7. The van der Waals surface area contributed by atoms with Gasteiger partial charge in [-0.15, -0.1) is 0 Å². The van der Waals surface area contributed by atoms with E-state index in [1.54, 1.807) is 10.7 Å². The number of hydrogen-bond acceptors (Lipinski definition) is 4. The van der Waals surface area contributed by atoms with Crippen LogP contribution in [-0.4, -0.2) is 28.3 Å². The Morgan fingerprint density at radius 2 is 1.77 bits per heavy atom. The van der Waals surface area contributed by atoms with Crippen molar-refractivity contribution in [2.45, 2.75) is 26.2 Å². The highest BCUT2D eigenvalue weighted by atomic mass is 19.1. The maximum Gasteiger partial charge on any atom is 0.341 e. The Kier molecular flexibility index (Phi) is 5.96. The second-order valence-corrected chi connectivity index (χ2v) is 7.66. The average molecular weight is 413 g/mol. The van der Waals surface area contributed by atoms with E-state index in [0.29, 0.717) is 11.9 Å². The molecule has 0 atom stereocenters. The molecule has 8 heteroatoms. The predicted molar refractivity (Wildman–Crippen MR) is 108 cm³/mol. The zero-order chi connectivity index (χ0) is 21.9. The molecule has 0 bridgehead atoms. The Morgan fingerprint density at radius 1 is 1.07 bits per heavy atom. The van der Waals surface area contributed by atoms with Crippen LogP contribution in [0, 0.1) is 11.6 Å². The van der Waals surface area contributed by atoms with E-state index < -0.39 is 35.7 Å². The quantitative estimate of drug-likeness (QED) is 0.635. The summed E-state index contributed by atoms with van der Waals surface area (Å²) in [6, 6.07) is 13.5. The minimum Gasteiger partial charge on any atom is -0.452 e. The number of nitrogens with zero attached hydrogens (tertiary/aromatic N) is 2. The van der Waals surface area contributed by atoms with Gasteiger partial charge in [0.15, 0.2) is 6.61 Å². The summed E-state index contributed by atoms with van der Waals surface area (Å²) in [6.07, 6.45) is 0. The number of ether oxygens (including phenoxy) is 1. The molecular weight excluding hydrogens is 392 g/mol. The summed E-state index contributed by atoms with van der Waals surface area (Å²) in [4.78, 5) is 24.3. The topological polar surface area (TPSA) is 73.2 Å². The molecule has 6 nitrogen and oxygen atoms in total. The number of rotatable bonds is 5. The fraction of sp³-hybridized carbons (Fsp3) is 0.227. The van der Waals surface area contributed by atoms with E-state index >= 15 is 0 Å². The van der Waals surface area contributed by atoms with Crippen molar-refractivity contribution >= 4 is 17.7 Å². The molecule has 0 saturated heterocycles. The van der Waals surface area contributed by atoms with Gasteiger partial charge in [0.05, 0.1) is 16.9 Å². The number of anilines is 1. The number of nitrogens with one attached hydrogen (secondary N) is 1. The average Bonchev–Trinajstić information content (AvgIpc) is 3.11. The summed E-state index contributed by atoms with van der Waals surface area (Å²) < 4.78 is 33.1. The largest absolute Gasteiger partial charge is 0.452 e. The number of para-hydroxylation sites is 1. The van der Waals surface area contributed by atoms with Crippen LogP contribution in [0.2, 0.25) is 0 Å². The van der Waals surface area contributed by atoms with Crippen LogP contribution in [0.5, 0.6) is 0 Å². The monoisotopic (exact) mass is 413 g/mol. The molecular formula is C22H21F2N3O3. The highest BCUT2D eigenvalue weighted by Gasteiger charge is 2.22. The number of carbonyl (C=O) groups excluding carboxylic acids is 2. The van der Waals surface area contributed by atoms with Crippen molar-refractivity contribution in [3.8, 4) is 5.69 Å². The fourth-order valence-electron chi connectivity index (χ4n) is 2.65. The molecule has 0 radical (unpaired) electrons. The van der Waals surface area contributed by atoms with Crippen molar-refractivity contribution < 1.29 is 23.1 Å². The minimum absolute atomic E-state index is 0.258. The molecule has 30 heavy (non-hydrogen) atoms. The molecule has 2 aromatic carbocycles. The predicted octanol–water partition coefficient (Wildman–Crippen LogP) is 4.24. The molecule has 0 aliphatic heterocycles. The fourth-order valence-corrected chi connectivity index (χ4v) is 2.65.